The third-order valence-electron chi connectivity index (χ3n) is 2.37. The van der Waals surface area contributed by atoms with Gasteiger partial charge in [0.25, 0.3) is 0 Å². The van der Waals surface area contributed by atoms with Crippen molar-refractivity contribution in [1.29, 1.82) is 0 Å². The van der Waals surface area contributed by atoms with Crippen molar-refractivity contribution in [1.82, 2.24) is 19.8 Å². The molecular weight excluding hydrogens is 238 g/mol. The van der Waals surface area contributed by atoms with E-state index in [1.54, 1.807) is 24.0 Å². The number of rotatable bonds is 2. The topological polar surface area (TPSA) is 78.3 Å². The molecule has 0 fully saturated rings. The van der Waals surface area contributed by atoms with Crippen LogP contribution >= 0.6 is 11.3 Å². The molecule has 2 aromatic heterocycles. The highest BCUT2D eigenvalue weighted by molar-refractivity contribution is 7.19. The molecule has 0 atom stereocenters. The molecule has 3 aromatic rings. The maximum absolute atomic E-state index is 5.76. The maximum atomic E-state index is 5.76. The number of hydrogen-bond acceptors (Lipinski definition) is 6. The molecule has 2 N–H and O–H groups in total. The van der Waals surface area contributed by atoms with Gasteiger partial charge in [0.2, 0.25) is 4.96 Å². The summed E-state index contributed by atoms with van der Waals surface area (Å²) >= 11 is 1.46. The number of nitrogens with two attached hydrogens (primary N) is 1. The molecule has 0 bridgehead atoms. The summed E-state index contributed by atoms with van der Waals surface area (Å²) in [5.41, 5.74) is 7.32. The Morgan fingerprint density at radius 2 is 2.29 bits per heavy atom. The number of anilines is 1. The van der Waals surface area contributed by atoms with Gasteiger partial charge in [-0.2, -0.15) is 9.61 Å². The summed E-state index contributed by atoms with van der Waals surface area (Å²) in [6, 6.07) is 5.57. The lowest BCUT2D eigenvalue weighted by molar-refractivity contribution is 0.417. The van der Waals surface area contributed by atoms with Crippen LogP contribution in [0, 0.1) is 0 Å². The summed E-state index contributed by atoms with van der Waals surface area (Å²) in [7, 11) is 1.59. The first-order valence-electron chi connectivity index (χ1n) is 4.88. The minimum Gasteiger partial charge on any atom is -0.495 e. The lowest BCUT2D eigenvalue weighted by Crippen LogP contribution is -1.92. The van der Waals surface area contributed by atoms with E-state index in [1.807, 2.05) is 12.1 Å². The SMILES string of the molecule is COc1cc(-c2nn3cnnc3s2)ccc1N. The van der Waals surface area contributed by atoms with Crippen molar-refractivity contribution in [3.05, 3.63) is 24.5 Å². The summed E-state index contributed by atoms with van der Waals surface area (Å²) in [5.74, 6) is 0.647. The fourth-order valence-electron chi connectivity index (χ4n) is 1.52. The molecule has 6 nitrogen and oxygen atoms in total. The standard InChI is InChI=1S/C10H9N5OS/c1-16-8-4-6(2-3-7(8)11)9-14-15-5-12-13-10(15)17-9/h2-5H,11H2,1H3. The Kier molecular flexibility index (Phi) is 2.19. The Balaban J connectivity index is 2.12. The summed E-state index contributed by atoms with van der Waals surface area (Å²) in [4.78, 5) is 0.760. The Bertz CT molecular complexity index is 646. The fraction of sp³-hybridized carbons (Fsp3) is 0.100. The van der Waals surface area contributed by atoms with Crippen LogP contribution in [0.1, 0.15) is 0 Å². The Hall–Kier alpha value is -2.15. The van der Waals surface area contributed by atoms with Gasteiger partial charge in [0.15, 0.2) is 0 Å². The normalized spacial score (nSPS) is 10.9. The molecule has 0 aliphatic rings. The molecule has 0 aliphatic heterocycles. The van der Waals surface area contributed by atoms with Crippen LogP contribution in [0.4, 0.5) is 5.69 Å². The van der Waals surface area contributed by atoms with Crippen molar-refractivity contribution < 1.29 is 4.74 Å². The number of nitrogens with zero attached hydrogens (tertiary/aromatic N) is 4. The number of fused-ring (bicyclic) bond motifs is 1. The Morgan fingerprint density at radius 3 is 3.06 bits per heavy atom. The smallest absolute Gasteiger partial charge is 0.234 e. The molecule has 0 aliphatic carbocycles. The quantitative estimate of drug-likeness (QED) is 0.693. The fourth-order valence-corrected chi connectivity index (χ4v) is 2.34. The lowest BCUT2D eigenvalue weighted by atomic mass is 10.2. The summed E-state index contributed by atoms with van der Waals surface area (Å²) in [5, 5.41) is 12.9. The van der Waals surface area contributed by atoms with Crippen molar-refractivity contribution in [2.75, 3.05) is 12.8 Å². The predicted octanol–water partition coefficient (Wildman–Crippen LogP) is 1.44. The zero-order chi connectivity index (χ0) is 11.8. The highest BCUT2D eigenvalue weighted by atomic mass is 32.1. The van der Waals surface area contributed by atoms with Gasteiger partial charge in [-0.15, -0.1) is 10.2 Å². The van der Waals surface area contributed by atoms with Crippen LogP contribution in [-0.4, -0.2) is 26.9 Å². The van der Waals surface area contributed by atoms with Crippen LogP contribution in [0.15, 0.2) is 24.5 Å². The first-order valence-corrected chi connectivity index (χ1v) is 5.70. The molecule has 7 heteroatoms. The second kappa shape index (κ2) is 3.70. The van der Waals surface area contributed by atoms with E-state index >= 15 is 0 Å². The zero-order valence-corrected chi connectivity index (χ0v) is 9.81. The molecule has 0 unspecified atom stereocenters. The van der Waals surface area contributed by atoms with Gasteiger partial charge in [0.05, 0.1) is 12.8 Å². The van der Waals surface area contributed by atoms with Gasteiger partial charge >= 0.3 is 0 Å². The minimum atomic E-state index is 0.610. The Labute approximate surface area is 101 Å². The highest BCUT2D eigenvalue weighted by Gasteiger charge is 2.09. The van der Waals surface area contributed by atoms with E-state index in [2.05, 4.69) is 15.3 Å². The Morgan fingerprint density at radius 1 is 1.41 bits per heavy atom. The molecule has 2 heterocycles. The minimum absolute atomic E-state index is 0.610. The zero-order valence-electron chi connectivity index (χ0n) is 8.99. The summed E-state index contributed by atoms with van der Waals surface area (Å²) in [6.45, 7) is 0. The van der Waals surface area contributed by atoms with E-state index in [0.29, 0.717) is 11.4 Å². The average molecular weight is 247 g/mol. The van der Waals surface area contributed by atoms with E-state index in [4.69, 9.17) is 10.5 Å². The van der Waals surface area contributed by atoms with Crippen LogP contribution in [0.25, 0.3) is 15.5 Å². The van der Waals surface area contributed by atoms with Crippen molar-refractivity contribution >= 4 is 22.0 Å². The molecule has 3 rings (SSSR count). The lowest BCUT2D eigenvalue weighted by Gasteiger charge is -2.04. The van der Waals surface area contributed by atoms with Crippen molar-refractivity contribution in [2.24, 2.45) is 0 Å². The van der Waals surface area contributed by atoms with Gasteiger partial charge in [0, 0.05) is 5.56 Å². The van der Waals surface area contributed by atoms with Crippen LogP contribution in [0.2, 0.25) is 0 Å². The maximum Gasteiger partial charge on any atom is 0.234 e. The highest BCUT2D eigenvalue weighted by Crippen LogP contribution is 2.30. The number of aromatic nitrogens is 4. The number of ether oxygens (including phenoxy) is 1. The van der Waals surface area contributed by atoms with E-state index in [1.165, 1.54) is 11.3 Å². The van der Waals surface area contributed by atoms with Crippen molar-refractivity contribution in [2.45, 2.75) is 0 Å². The third kappa shape index (κ3) is 1.60. The van der Waals surface area contributed by atoms with Crippen molar-refractivity contribution in [3.8, 4) is 16.3 Å². The average Bonchev–Trinajstić information content (AvgIpc) is 2.90. The van der Waals surface area contributed by atoms with E-state index in [9.17, 15) is 0 Å². The molecule has 0 saturated carbocycles. The molecular formula is C10H9N5OS. The summed E-state index contributed by atoms with van der Waals surface area (Å²) in [6.07, 6.45) is 1.57. The van der Waals surface area contributed by atoms with Gasteiger partial charge in [-0.3, -0.25) is 0 Å². The molecule has 0 radical (unpaired) electrons. The number of nitrogen functional groups attached to an aromatic ring is 1. The number of benzene rings is 1. The second-order valence-corrected chi connectivity index (χ2v) is 4.38. The second-order valence-electron chi connectivity index (χ2n) is 3.42. The molecule has 17 heavy (non-hydrogen) atoms. The first kappa shape index (κ1) is 10.0. The van der Waals surface area contributed by atoms with Crippen LogP contribution < -0.4 is 10.5 Å². The van der Waals surface area contributed by atoms with E-state index in [-0.39, 0.29) is 0 Å². The van der Waals surface area contributed by atoms with Crippen molar-refractivity contribution in [3.63, 3.8) is 0 Å². The molecule has 0 amide bonds. The predicted molar refractivity (Wildman–Crippen MR) is 65.1 cm³/mol. The van der Waals surface area contributed by atoms with Gasteiger partial charge in [-0.1, -0.05) is 11.3 Å². The number of methoxy groups -OCH3 is 1. The largest absolute Gasteiger partial charge is 0.495 e. The molecule has 0 spiro atoms. The molecule has 0 saturated heterocycles. The summed E-state index contributed by atoms with van der Waals surface area (Å²) < 4.78 is 6.82. The van der Waals surface area contributed by atoms with Gasteiger partial charge in [-0.05, 0) is 18.2 Å². The monoisotopic (exact) mass is 247 g/mol. The van der Waals surface area contributed by atoms with Gasteiger partial charge < -0.3 is 10.5 Å². The van der Waals surface area contributed by atoms with E-state index < -0.39 is 0 Å². The third-order valence-corrected chi connectivity index (χ3v) is 3.33. The van der Waals surface area contributed by atoms with Crippen LogP contribution in [-0.2, 0) is 0 Å². The molecule has 1 aromatic carbocycles. The van der Waals surface area contributed by atoms with Crippen LogP contribution in [0.3, 0.4) is 0 Å². The number of hydrogen-bond donors (Lipinski definition) is 1. The van der Waals surface area contributed by atoms with E-state index in [0.717, 1.165) is 15.5 Å². The van der Waals surface area contributed by atoms with Gasteiger partial charge in [0.1, 0.15) is 17.1 Å². The van der Waals surface area contributed by atoms with Crippen LogP contribution in [0.5, 0.6) is 5.75 Å². The molecule has 86 valence electrons. The first-order chi connectivity index (χ1) is 8.28. The van der Waals surface area contributed by atoms with Gasteiger partial charge in [-0.25, -0.2) is 0 Å².